The predicted molar refractivity (Wildman–Crippen MR) is 101 cm³/mol. The number of rotatable bonds is 6. The average molecular weight is 438 g/mol. The Balaban J connectivity index is 0.00000242. The molecule has 0 saturated heterocycles. The van der Waals surface area contributed by atoms with Crippen molar-refractivity contribution in [2.45, 2.75) is 19.4 Å². The first-order chi connectivity index (χ1) is 9.98. The molecular weight excluding hydrogens is 415 g/mol. The fourth-order valence-corrected chi connectivity index (χ4v) is 2.53. The van der Waals surface area contributed by atoms with E-state index in [9.17, 15) is 8.42 Å². The van der Waals surface area contributed by atoms with E-state index < -0.39 is 10.0 Å². The zero-order valence-electron chi connectivity index (χ0n) is 12.8. The van der Waals surface area contributed by atoms with E-state index in [1.165, 1.54) is 12.8 Å². The monoisotopic (exact) mass is 438 g/mol. The van der Waals surface area contributed by atoms with Gasteiger partial charge in [-0.3, -0.25) is 9.71 Å². The number of hydrogen-bond donors (Lipinski definition) is 3. The first-order valence-electron chi connectivity index (χ1n) is 6.98. The second-order valence-electron chi connectivity index (χ2n) is 5.28. The minimum Gasteiger partial charge on any atom is -0.356 e. The van der Waals surface area contributed by atoms with Gasteiger partial charge in [-0.15, -0.1) is 24.0 Å². The maximum atomic E-state index is 11.4. The van der Waals surface area contributed by atoms with Gasteiger partial charge in [0.05, 0.1) is 11.9 Å². The summed E-state index contributed by atoms with van der Waals surface area (Å²) in [7, 11) is -1.56. The molecule has 1 aromatic carbocycles. The Labute approximate surface area is 149 Å². The fraction of sp³-hybridized carbons (Fsp3) is 0.500. The highest BCUT2D eigenvalue weighted by Gasteiger charge is 2.21. The summed E-state index contributed by atoms with van der Waals surface area (Å²) in [6.07, 6.45) is 3.71. The predicted octanol–water partition coefficient (Wildman–Crippen LogP) is 1.75. The first kappa shape index (κ1) is 19.0. The molecule has 124 valence electrons. The highest BCUT2D eigenvalue weighted by molar-refractivity contribution is 14.0. The molecule has 2 rings (SSSR count). The molecule has 0 aliphatic heterocycles. The van der Waals surface area contributed by atoms with Crippen LogP contribution in [0.3, 0.4) is 0 Å². The number of halogens is 1. The standard InChI is InChI=1S/C14H22N4O2S.HI/c1-15-14(16-9-11-7-8-11)17-10-12-5-3-4-6-13(12)18-21(2,19)20;/h3-6,11,18H,7-10H2,1-2H3,(H2,15,16,17);1H. The molecule has 0 bridgehead atoms. The van der Waals surface area contributed by atoms with Gasteiger partial charge in [-0.2, -0.15) is 0 Å². The number of benzene rings is 1. The van der Waals surface area contributed by atoms with Crippen molar-refractivity contribution in [3.05, 3.63) is 29.8 Å². The van der Waals surface area contributed by atoms with Crippen molar-refractivity contribution >= 4 is 45.6 Å². The number of para-hydroxylation sites is 1. The molecule has 0 spiro atoms. The third-order valence-electron chi connectivity index (χ3n) is 3.24. The van der Waals surface area contributed by atoms with Crippen molar-refractivity contribution in [2.24, 2.45) is 10.9 Å². The summed E-state index contributed by atoms with van der Waals surface area (Å²) in [6, 6.07) is 7.31. The Bertz CT molecular complexity index is 615. The van der Waals surface area contributed by atoms with Crippen LogP contribution in [0, 0.1) is 5.92 Å². The number of anilines is 1. The third kappa shape index (κ3) is 6.82. The van der Waals surface area contributed by atoms with Crippen LogP contribution in [-0.4, -0.2) is 34.2 Å². The lowest BCUT2D eigenvalue weighted by Gasteiger charge is -2.14. The average Bonchev–Trinajstić information content (AvgIpc) is 3.23. The van der Waals surface area contributed by atoms with Crippen molar-refractivity contribution in [1.82, 2.24) is 10.6 Å². The van der Waals surface area contributed by atoms with Crippen molar-refractivity contribution in [3.63, 3.8) is 0 Å². The molecule has 1 fully saturated rings. The van der Waals surface area contributed by atoms with Crippen LogP contribution in [-0.2, 0) is 16.6 Å². The zero-order valence-corrected chi connectivity index (χ0v) is 15.9. The topological polar surface area (TPSA) is 82.6 Å². The summed E-state index contributed by atoms with van der Waals surface area (Å²) in [5, 5.41) is 6.47. The molecule has 1 saturated carbocycles. The van der Waals surface area contributed by atoms with Crippen molar-refractivity contribution < 1.29 is 8.42 Å². The van der Waals surface area contributed by atoms with Crippen LogP contribution in [0.25, 0.3) is 0 Å². The van der Waals surface area contributed by atoms with Gasteiger partial charge in [0.1, 0.15) is 0 Å². The van der Waals surface area contributed by atoms with E-state index in [2.05, 4.69) is 20.3 Å². The van der Waals surface area contributed by atoms with E-state index in [0.29, 0.717) is 12.2 Å². The molecule has 0 unspecified atom stereocenters. The van der Waals surface area contributed by atoms with Gasteiger partial charge in [0.25, 0.3) is 0 Å². The molecule has 0 radical (unpaired) electrons. The Morgan fingerprint density at radius 3 is 2.55 bits per heavy atom. The summed E-state index contributed by atoms with van der Waals surface area (Å²) in [5.74, 6) is 1.50. The fourth-order valence-electron chi connectivity index (χ4n) is 1.94. The van der Waals surface area contributed by atoms with E-state index in [-0.39, 0.29) is 24.0 Å². The number of sulfonamides is 1. The lowest BCUT2D eigenvalue weighted by Crippen LogP contribution is -2.38. The van der Waals surface area contributed by atoms with E-state index in [0.717, 1.165) is 30.2 Å². The number of nitrogens with one attached hydrogen (secondary N) is 3. The van der Waals surface area contributed by atoms with E-state index in [4.69, 9.17) is 0 Å². The van der Waals surface area contributed by atoms with Gasteiger partial charge in [-0.05, 0) is 30.4 Å². The first-order valence-corrected chi connectivity index (χ1v) is 8.87. The lowest BCUT2D eigenvalue weighted by molar-refractivity contribution is 0.606. The van der Waals surface area contributed by atoms with E-state index >= 15 is 0 Å². The van der Waals surface area contributed by atoms with Crippen LogP contribution in [0.15, 0.2) is 29.3 Å². The maximum absolute atomic E-state index is 11.4. The van der Waals surface area contributed by atoms with E-state index in [1.807, 2.05) is 12.1 Å². The Hall–Kier alpha value is -1.03. The third-order valence-corrected chi connectivity index (χ3v) is 3.83. The summed E-state index contributed by atoms with van der Waals surface area (Å²) < 4.78 is 25.3. The Kier molecular flexibility index (Phi) is 7.40. The largest absolute Gasteiger partial charge is 0.356 e. The Morgan fingerprint density at radius 1 is 1.27 bits per heavy atom. The van der Waals surface area contributed by atoms with Crippen LogP contribution in [0.2, 0.25) is 0 Å². The molecule has 8 heteroatoms. The van der Waals surface area contributed by atoms with Gasteiger partial charge in [0, 0.05) is 20.1 Å². The molecule has 0 heterocycles. The molecular formula is C14H23IN4O2S. The van der Waals surface area contributed by atoms with Crippen LogP contribution in [0.1, 0.15) is 18.4 Å². The molecule has 0 amide bonds. The van der Waals surface area contributed by atoms with Crippen molar-refractivity contribution in [3.8, 4) is 0 Å². The van der Waals surface area contributed by atoms with Crippen LogP contribution < -0.4 is 15.4 Å². The normalized spacial score (nSPS) is 14.9. The van der Waals surface area contributed by atoms with Gasteiger partial charge in [0.2, 0.25) is 10.0 Å². The number of nitrogens with zero attached hydrogens (tertiary/aromatic N) is 1. The molecule has 6 nitrogen and oxygen atoms in total. The summed E-state index contributed by atoms with van der Waals surface area (Å²) in [6.45, 7) is 1.44. The number of guanidine groups is 1. The van der Waals surface area contributed by atoms with Crippen LogP contribution >= 0.6 is 24.0 Å². The molecule has 1 aliphatic carbocycles. The minimum atomic E-state index is -3.28. The number of hydrogen-bond acceptors (Lipinski definition) is 3. The molecule has 3 N–H and O–H groups in total. The highest BCUT2D eigenvalue weighted by atomic mass is 127. The maximum Gasteiger partial charge on any atom is 0.229 e. The molecule has 0 aromatic heterocycles. The van der Waals surface area contributed by atoms with E-state index in [1.54, 1.807) is 19.2 Å². The van der Waals surface area contributed by atoms with Crippen LogP contribution in [0.5, 0.6) is 0 Å². The van der Waals surface area contributed by atoms with Gasteiger partial charge in [0.15, 0.2) is 5.96 Å². The van der Waals surface area contributed by atoms with Crippen molar-refractivity contribution in [1.29, 1.82) is 0 Å². The zero-order chi connectivity index (χ0) is 15.3. The molecule has 22 heavy (non-hydrogen) atoms. The van der Waals surface area contributed by atoms with Crippen molar-refractivity contribution in [2.75, 3.05) is 24.6 Å². The smallest absolute Gasteiger partial charge is 0.229 e. The second kappa shape index (κ2) is 8.56. The SMILES string of the molecule is CN=C(NCc1ccccc1NS(C)(=O)=O)NCC1CC1.I. The quantitative estimate of drug-likeness (QED) is 0.359. The van der Waals surface area contributed by atoms with Crippen LogP contribution in [0.4, 0.5) is 5.69 Å². The van der Waals surface area contributed by atoms with Gasteiger partial charge >= 0.3 is 0 Å². The van der Waals surface area contributed by atoms with Gasteiger partial charge in [-0.25, -0.2) is 8.42 Å². The summed E-state index contributed by atoms with van der Waals surface area (Å²) >= 11 is 0. The Morgan fingerprint density at radius 2 is 1.95 bits per heavy atom. The minimum absolute atomic E-state index is 0. The second-order valence-corrected chi connectivity index (χ2v) is 7.03. The summed E-state index contributed by atoms with van der Waals surface area (Å²) in [5.41, 5.74) is 1.46. The van der Waals surface area contributed by atoms with Gasteiger partial charge < -0.3 is 10.6 Å². The highest BCUT2D eigenvalue weighted by Crippen LogP contribution is 2.27. The number of aliphatic imine (C=N–C) groups is 1. The van der Waals surface area contributed by atoms with Gasteiger partial charge in [-0.1, -0.05) is 18.2 Å². The summed E-state index contributed by atoms with van der Waals surface area (Å²) in [4.78, 5) is 4.16. The lowest BCUT2D eigenvalue weighted by atomic mass is 10.2. The molecule has 1 aromatic rings. The molecule has 1 aliphatic rings. The molecule has 0 atom stereocenters.